The summed E-state index contributed by atoms with van der Waals surface area (Å²) in [5, 5.41) is 9.71. The molecule has 0 saturated carbocycles. The quantitative estimate of drug-likeness (QED) is 0.347. The monoisotopic (exact) mass is 182 g/mol. The number of nitrogens with zero attached hydrogens (tertiary/aromatic N) is 1. The molecule has 1 aromatic heterocycles. The van der Waals surface area contributed by atoms with Gasteiger partial charge in [0.25, 0.3) is 5.97 Å². The molecule has 0 spiro atoms. The van der Waals surface area contributed by atoms with Crippen molar-refractivity contribution in [2.75, 3.05) is 5.73 Å². The zero-order valence-electron chi connectivity index (χ0n) is 6.37. The molecule has 1 heterocycles. The molecule has 0 unspecified atom stereocenters. The summed E-state index contributed by atoms with van der Waals surface area (Å²) in [5.74, 6) is -0.833. The summed E-state index contributed by atoms with van der Waals surface area (Å²) in [7, 11) is 0. The van der Waals surface area contributed by atoms with Crippen LogP contribution in [0.5, 0.6) is 0 Å². The Balaban J connectivity index is 0. The maximum absolute atomic E-state index is 9.00. The van der Waals surface area contributed by atoms with Crippen LogP contribution in [0.1, 0.15) is 6.92 Å². The van der Waals surface area contributed by atoms with E-state index in [9.17, 15) is 0 Å². The number of aliphatic carboxylic acids is 1. The van der Waals surface area contributed by atoms with Gasteiger partial charge >= 0.3 is 29.6 Å². The Labute approximate surface area is 90.7 Å². The van der Waals surface area contributed by atoms with E-state index in [1.807, 2.05) is 0 Å². The van der Waals surface area contributed by atoms with Gasteiger partial charge in [-0.05, 0) is 0 Å². The molecular weight excluding hydrogens is 175 g/mol. The summed E-state index contributed by atoms with van der Waals surface area (Å²) in [6.45, 7) is 1.08. The van der Waals surface area contributed by atoms with Crippen molar-refractivity contribution in [1.82, 2.24) is 4.98 Å². The zero-order chi connectivity index (χ0) is 7.98. The average Bonchev–Trinajstić information content (AvgIpc) is 2.15. The molecule has 56 valence electrons. The Bertz CT molecular complexity index is 186. The molecule has 0 aromatic carbocycles. The first kappa shape index (κ1) is 13.5. The Morgan fingerprint density at radius 2 is 2.36 bits per heavy atom. The van der Waals surface area contributed by atoms with E-state index in [2.05, 4.69) is 11.2 Å². The van der Waals surface area contributed by atoms with E-state index in [-0.39, 0.29) is 29.6 Å². The fraction of sp³-hybridized carbons (Fsp3) is 0.200. The van der Waals surface area contributed by atoms with E-state index in [4.69, 9.17) is 15.6 Å². The van der Waals surface area contributed by atoms with Crippen LogP contribution in [-0.2, 0) is 4.79 Å². The van der Waals surface area contributed by atoms with Crippen molar-refractivity contribution in [3.63, 3.8) is 0 Å². The molecule has 0 radical (unpaired) electrons. The van der Waals surface area contributed by atoms with Crippen LogP contribution < -0.4 is 35.3 Å². The van der Waals surface area contributed by atoms with Crippen molar-refractivity contribution < 1.29 is 39.5 Å². The fourth-order valence-electron chi connectivity index (χ4n) is 0.203. The summed E-state index contributed by atoms with van der Waals surface area (Å²) in [5.41, 5.74) is 5.15. The molecule has 4 nitrogen and oxygen atoms in total. The molecule has 0 fully saturated rings. The summed E-state index contributed by atoms with van der Waals surface area (Å²) in [4.78, 5) is 12.6. The van der Waals surface area contributed by atoms with E-state index in [1.54, 1.807) is 5.38 Å². The van der Waals surface area contributed by atoms with Gasteiger partial charge in [-0.25, -0.2) is 11.3 Å². The van der Waals surface area contributed by atoms with E-state index in [0.717, 1.165) is 6.92 Å². The summed E-state index contributed by atoms with van der Waals surface area (Å²) in [6, 6.07) is 0. The number of carboxylic acids is 1. The normalized spacial score (nSPS) is 7.00. The number of aromatic nitrogens is 1. The van der Waals surface area contributed by atoms with Crippen molar-refractivity contribution in [3.05, 3.63) is 11.6 Å². The standard InChI is InChI=1S/C3H3N2S.C2H4O2.Na/c4-3-5-1-2-6-3;1-2(3)4;/h2H,(H2,4,5);1H3,(H,3,4);/q-1;;+1. The van der Waals surface area contributed by atoms with Crippen LogP contribution in [0.4, 0.5) is 5.13 Å². The second kappa shape index (κ2) is 8.00. The molecule has 0 aliphatic rings. The van der Waals surface area contributed by atoms with Gasteiger partial charge in [-0.3, -0.25) is 4.79 Å². The van der Waals surface area contributed by atoms with Crippen molar-refractivity contribution in [2.24, 2.45) is 0 Å². The predicted octanol–water partition coefficient (Wildman–Crippen LogP) is -2.38. The number of anilines is 1. The summed E-state index contributed by atoms with van der Waals surface area (Å²) in [6.07, 6.45) is 2.57. The second-order valence-electron chi connectivity index (χ2n) is 1.33. The topological polar surface area (TPSA) is 76.2 Å². The first-order valence-corrected chi connectivity index (χ1v) is 3.27. The number of thiazole rings is 1. The summed E-state index contributed by atoms with van der Waals surface area (Å²) >= 11 is 1.39. The Morgan fingerprint density at radius 1 is 1.91 bits per heavy atom. The van der Waals surface area contributed by atoms with Crippen molar-refractivity contribution >= 4 is 22.4 Å². The molecule has 1 aromatic rings. The van der Waals surface area contributed by atoms with Crippen LogP contribution >= 0.6 is 11.3 Å². The molecule has 11 heavy (non-hydrogen) atoms. The molecule has 0 aliphatic heterocycles. The van der Waals surface area contributed by atoms with Gasteiger partial charge in [-0.2, -0.15) is 0 Å². The second-order valence-corrected chi connectivity index (χ2v) is 2.22. The minimum absolute atomic E-state index is 0. The third kappa shape index (κ3) is 13.0. The molecule has 0 amide bonds. The smallest absolute Gasteiger partial charge is 0.481 e. The number of rotatable bonds is 0. The van der Waals surface area contributed by atoms with Gasteiger partial charge in [0.1, 0.15) is 0 Å². The van der Waals surface area contributed by atoms with Gasteiger partial charge in [0.05, 0.1) is 0 Å². The van der Waals surface area contributed by atoms with Crippen LogP contribution in [0.25, 0.3) is 0 Å². The number of hydrogen-bond donors (Lipinski definition) is 2. The van der Waals surface area contributed by atoms with Crippen LogP contribution in [0.15, 0.2) is 5.38 Å². The molecular formula is C5H7N2NaO2S. The van der Waals surface area contributed by atoms with Gasteiger partial charge in [0, 0.05) is 12.1 Å². The molecule has 0 aliphatic carbocycles. The van der Waals surface area contributed by atoms with E-state index < -0.39 is 5.97 Å². The maximum atomic E-state index is 9.00. The number of nitrogen functional groups attached to an aromatic ring is 1. The third-order valence-corrected chi connectivity index (χ3v) is 0.963. The SMILES string of the molecule is CC(=O)O.Nc1n[c-]cs1.[Na+]. The number of nitrogens with two attached hydrogens (primary N) is 1. The molecule has 6 heteroatoms. The first-order valence-electron chi connectivity index (χ1n) is 2.39. The van der Waals surface area contributed by atoms with E-state index >= 15 is 0 Å². The largest absolute Gasteiger partial charge is 1.00 e. The predicted molar refractivity (Wildman–Crippen MR) is 38.7 cm³/mol. The van der Waals surface area contributed by atoms with Crippen LogP contribution in [0.3, 0.4) is 0 Å². The summed E-state index contributed by atoms with van der Waals surface area (Å²) < 4.78 is 0. The van der Waals surface area contributed by atoms with Crippen LogP contribution in [-0.4, -0.2) is 16.1 Å². The van der Waals surface area contributed by atoms with Crippen molar-refractivity contribution in [2.45, 2.75) is 6.92 Å². The molecule has 3 N–H and O–H groups in total. The molecule has 0 bridgehead atoms. The van der Waals surface area contributed by atoms with Gasteiger partial charge in [0.2, 0.25) is 0 Å². The Kier molecular flexibility index (Phi) is 9.81. The van der Waals surface area contributed by atoms with Gasteiger partial charge in [-0.1, -0.05) is 5.38 Å². The van der Waals surface area contributed by atoms with Crippen LogP contribution in [0, 0.1) is 6.20 Å². The molecule has 1 rings (SSSR count). The van der Waals surface area contributed by atoms with E-state index in [0.29, 0.717) is 5.13 Å². The van der Waals surface area contributed by atoms with Gasteiger partial charge in [-0.15, -0.1) is 6.20 Å². The Hall–Kier alpha value is -0.1000. The minimum atomic E-state index is -0.833. The minimum Gasteiger partial charge on any atom is -0.481 e. The van der Waals surface area contributed by atoms with Crippen molar-refractivity contribution in [3.8, 4) is 0 Å². The number of carboxylic acid groups (broad SMARTS) is 1. The average molecular weight is 182 g/mol. The van der Waals surface area contributed by atoms with Crippen molar-refractivity contribution in [1.29, 1.82) is 0 Å². The first-order chi connectivity index (χ1) is 4.63. The fourth-order valence-corrected chi connectivity index (χ4v) is 0.535. The number of carbonyl (C=O) groups is 1. The van der Waals surface area contributed by atoms with Crippen LogP contribution in [0.2, 0.25) is 0 Å². The maximum Gasteiger partial charge on any atom is 1.00 e. The third-order valence-electron chi connectivity index (χ3n) is 0.407. The Morgan fingerprint density at radius 3 is 2.45 bits per heavy atom. The molecule has 0 atom stereocenters. The molecule has 0 saturated heterocycles. The zero-order valence-corrected chi connectivity index (χ0v) is 9.18. The van der Waals surface area contributed by atoms with Gasteiger partial charge in [0.15, 0.2) is 0 Å². The van der Waals surface area contributed by atoms with Gasteiger partial charge < -0.3 is 15.8 Å². The van der Waals surface area contributed by atoms with E-state index in [1.165, 1.54) is 11.3 Å². The number of hydrogen-bond acceptors (Lipinski definition) is 4.